The third kappa shape index (κ3) is 6.22. The third-order valence-corrected chi connectivity index (χ3v) is 6.43. The predicted molar refractivity (Wildman–Crippen MR) is 152 cm³/mol. The van der Waals surface area contributed by atoms with Gasteiger partial charge in [0, 0.05) is 12.6 Å². The predicted octanol–water partition coefficient (Wildman–Crippen LogP) is 5.85. The lowest BCUT2D eigenvalue weighted by Gasteiger charge is -2.26. The van der Waals surface area contributed by atoms with E-state index in [1.54, 1.807) is 30.3 Å². The lowest BCUT2D eigenvalue weighted by molar-refractivity contribution is -0.140. The summed E-state index contributed by atoms with van der Waals surface area (Å²) in [6.07, 6.45) is 0. The number of amides is 1. The van der Waals surface area contributed by atoms with Crippen molar-refractivity contribution >= 4 is 17.4 Å². The van der Waals surface area contributed by atoms with Crippen LogP contribution in [-0.2, 0) is 16.1 Å². The fraction of sp³-hybridized carbons (Fsp3) is 0.312. The average Bonchev–Trinajstić information content (AvgIpc) is 3.18. The van der Waals surface area contributed by atoms with Crippen LogP contribution < -0.4 is 14.2 Å². The second-order valence-corrected chi connectivity index (χ2v) is 9.89. The van der Waals surface area contributed by atoms with Gasteiger partial charge in [0.05, 0.1) is 37.0 Å². The molecule has 1 unspecified atom stereocenters. The minimum Gasteiger partial charge on any atom is -0.508 e. The van der Waals surface area contributed by atoms with Crippen molar-refractivity contribution in [2.45, 2.75) is 40.3 Å². The quantitative estimate of drug-likeness (QED) is 0.177. The monoisotopic (exact) mass is 545 g/mol. The van der Waals surface area contributed by atoms with Gasteiger partial charge < -0.3 is 29.3 Å². The van der Waals surface area contributed by atoms with Crippen LogP contribution in [0, 0.1) is 5.92 Å². The van der Waals surface area contributed by atoms with Crippen molar-refractivity contribution in [3.05, 3.63) is 89.0 Å². The van der Waals surface area contributed by atoms with Crippen molar-refractivity contribution in [2.75, 3.05) is 19.8 Å². The minimum atomic E-state index is -0.890. The largest absolute Gasteiger partial charge is 0.508 e. The lowest BCUT2D eigenvalue weighted by Crippen LogP contribution is -2.29. The first kappa shape index (κ1) is 28.5. The summed E-state index contributed by atoms with van der Waals surface area (Å²) in [5, 5.41) is 21.4. The van der Waals surface area contributed by atoms with Gasteiger partial charge in [-0.15, -0.1) is 0 Å². The highest BCUT2D eigenvalue weighted by atomic mass is 16.5. The summed E-state index contributed by atoms with van der Waals surface area (Å²) in [6.45, 7) is 9.29. The molecule has 1 aliphatic heterocycles. The molecule has 8 nitrogen and oxygen atoms in total. The number of carbonyl (C=O) groups is 2. The molecular weight excluding hydrogens is 510 g/mol. The first-order valence-corrected chi connectivity index (χ1v) is 13.4. The van der Waals surface area contributed by atoms with Gasteiger partial charge in [-0.2, -0.15) is 0 Å². The van der Waals surface area contributed by atoms with Gasteiger partial charge in [-0.3, -0.25) is 9.59 Å². The molecule has 1 amide bonds. The van der Waals surface area contributed by atoms with Gasteiger partial charge >= 0.3 is 0 Å². The van der Waals surface area contributed by atoms with E-state index in [1.807, 2.05) is 38.1 Å². The molecule has 0 radical (unpaired) electrons. The zero-order valence-corrected chi connectivity index (χ0v) is 23.2. The molecule has 1 saturated heterocycles. The van der Waals surface area contributed by atoms with Crippen molar-refractivity contribution < 1.29 is 34.0 Å². The highest BCUT2D eigenvalue weighted by Gasteiger charge is 2.46. The number of hydrogen-bond acceptors (Lipinski definition) is 7. The van der Waals surface area contributed by atoms with E-state index < -0.39 is 17.7 Å². The minimum absolute atomic E-state index is 0.0443. The number of hydrogen-bond donors (Lipinski definition) is 2. The Hall–Kier alpha value is -4.46. The van der Waals surface area contributed by atoms with Gasteiger partial charge in [0.2, 0.25) is 0 Å². The van der Waals surface area contributed by atoms with Crippen LogP contribution in [0.5, 0.6) is 23.0 Å². The van der Waals surface area contributed by atoms with Crippen LogP contribution in [0.2, 0.25) is 0 Å². The van der Waals surface area contributed by atoms with Gasteiger partial charge in [0.15, 0.2) is 0 Å². The van der Waals surface area contributed by atoms with Crippen molar-refractivity contribution in [2.24, 2.45) is 5.92 Å². The van der Waals surface area contributed by atoms with E-state index in [2.05, 4.69) is 13.8 Å². The average molecular weight is 546 g/mol. The third-order valence-electron chi connectivity index (χ3n) is 6.43. The van der Waals surface area contributed by atoms with E-state index >= 15 is 0 Å². The maximum absolute atomic E-state index is 13.5. The van der Waals surface area contributed by atoms with Gasteiger partial charge in [0.25, 0.3) is 11.7 Å². The number of aromatic hydroxyl groups is 1. The summed E-state index contributed by atoms with van der Waals surface area (Å²) in [6, 6.07) is 17.7. The Kier molecular flexibility index (Phi) is 8.99. The SMILES string of the molecule is CCOc1ccc(/C(O)=C2/C(=O)C(=O)N(Cc3ccc(OCC(C)C)cc3)C2c2ccc(O)cc2)c(OCC)c1. The molecule has 3 aromatic carbocycles. The summed E-state index contributed by atoms with van der Waals surface area (Å²) < 4.78 is 17.1. The number of benzene rings is 3. The van der Waals surface area contributed by atoms with Crippen LogP contribution >= 0.6 is 0 Å². The summed E-state index contributed by atoms with van der Waals surface area (Å²) >= 11 is 0. The molecule has 1 atom stereocenters. The lowest BCUT2D eigenvalue weighted by atomic mass is 9.94. The van der Waals surface area contributed by atoms with Gasteiger partial charge in [-0.25, -0.2) is 0 Å². The van der Waals surface area contributed by atoms with E-state index in [9.17, 15) is 19.8 Å². The Labute approximate surface area is 234 Å². The number of nitrogens with zero attached hydrogens (tertiary/aromatic N) is 1. The number of Topliss-reactive ketones (excluding diaryl/α,β-unsaturated/α-hetero) is 1. The van der Waals surface area contributed by atoms with E-state index in [1.165, 1.54) is 17.0 Å². The molecule has 0 aromatic heterocycles. The van der Waals surface area contributed by atoms with Crippen LogP contribution in [0.15, 0.2) is 72.3 Å². The van der Waals surface area contributed by atoms with Crippen molar-refractivity contribution in [3.8, 4) is 23.0 Å². The Morgan fingerprint density at radius 2 is 1.52 bits per heavy atom. The fourth-order valence-corrected chi connectivity index (χ4v) is 4.57. The fourth-order valence-electron chi connectivity index (χ4n) is 4.57. The Morgan fingerprint density at radius 3 is 2.15 bits per heavy atom. The van der Waals surface area contributed by atoms with Crippen molar-refractivity contribution in [3.63, 3.8) is 0 Å². The summed E-state index contributed by atoms with van der Waals surface area (Å²) in [5.41, 5.74) is 1.58. The number of phenols is 1. The first-order chi connectivity index (χ1) is 19.2. The molecule has 0 aliphatic carbocycles. The molecule has 2 N–H and O–H groups in total. The zero-order valence-electron chi connectivity index (χ0n) is 23.2. The topological polar surface area (TPSA) is 106 Å². The summed E-state index contributed by atoms with van der Waals surface area (Å²) in [5.74, 6) is 0.152. The van der Waals surface area contributed by atoms with E-state index in [4.69, 9.17) is 14.2 Å². The standard InChI is InChI=1S/C32H35NO7/c1-5-38-25-15-16-26(27(17-25)39-6-2)30(35)28-29(22-9-11-23(34)12-10-22)33(32(37)31(28)36)18-21-7-13-24(14-8-21)40-19-20(3)4/h7-17,20,29,34-35H,5-6,18-19H2,1-4H3/b30-28-. The van der Waals surface area contributed by atoms with Gasteiger partial charge in [-0.05, 0) is 67.3 Å². The maximum atomic E-state index is 13.5. The molecule has 3 aromatic rings. The molecule has 0 bridgehead atoms. The van der Waals surface area contributed by atoms with Crippen LogP contribution in [0.1, 0.15) is 50.4 Å². The molecule has 1 aliphatic rings. The molecule has 1 heterocycles. The summed E-state index contributed by atoms with van der Waals surface area (Å²) in [7, 11) is 0. The summed E-state index contributed by atoms with van der Waals surface area (Å²) in [4.78, 5) is 28.3. The number of phenolic OH excluding ortho intramolecular Hbond substituents is 1. The molecule has 0 saturated carbocycles. The number of carbonyl (C=O) groups excluding carboxylic acids is 2. The van der Waals surface area contributed by atoms with Crippen LogP contribution in [0.25, 0.3) is 5.76 Å². The zero-order chi connectivity index (χ0) is 28.8. The Morgan fingerprint density at radius 1 is 0.875 bits per heavy atom. The van der Waals surface area contributed by atoms with Crippen molar-refractivity contribution in [1.29, 1.82) is 0 Å². The molecular formula is C32H35NO7. The van der Waals surface area contributed by atoms with E-state index in [0.717, 1.165) is 5.56 Å². The molecule has 0 spiro atoms. The number of aliphatic hydroxyl groups excluding tert-OH is 1. The number of ether oxygens (including phenoxy) is 3. The highest BCUT2D eigenvalue weighted by Crippen LogP contribution is 2.42. The van der Waals surface area contributed by atoms with E-state index in [0.29, 0.717) is 48.6 Å². The van der Waals surface area contributed by atoms with Gasteiger partial charge in [-0.1, -0.05) is 38.1 Å². The van der Waals surface area contributed by atoms with Gasteiger partial charge in [0.1, 0.15) is 28.8 Å². The number of aliphatic hydroxyl groups is 1. The number of ketones is 1. The Bertz CT molecular complexity index is 1380. The van der Waals surface area contributed by atoms with Crippen LogP contribution in [0.4, 0.5) is 0 Å². The number of likely N-dealkylation sites (tertiary alicyclic amines) is 1. The van der Waals surface area contributed by atoms with E-state index in [-0.39, 0.29) is 29.2 Å². The molecule has 40 heavy (non-hydrogen) atoms. The second kappa shape index (κ2) is 12.6. The smallest absolute Gasteiger partial charge is 0.295 e. The van der Waals surface area contributed by atoms with Crippen LogP contribution in [0.3, 0.4) is 0 Å². The Balaban J connectivity index is 1.77. The highest BCUT2D eigenvalue weighted by molar-refractivity contribution is 6.46. The first-order valence-electron chi connectivity index (χ1n) is 13.4. The molecule has 210 valence electrons. The maximum Gasteiger partial charge on any atom is 0.295 e. The molecule has 4 rings (SSSR count). The van der Waals surface area contributed by atoms with Crippen molar-refractivity contribution in [1.82, 2.24) is 4.90 Å². The molecule has 8 heteroatoms. The normalized spacial score (nSPS) is 16.4. The second-order valence-electron chi connectivity index (χ2n) is 9.89. The number of rotatable bonds is 11. The molecule has 1 fully saturated rings. The van der Waals surface area contributed by atoms with Crippen LogP contribution in [-0.4, -0.2) is 46.6 Å².